The van der Waals surface area contributed by atoms with Gasteiger partial charge in [-0.25, -0.2) is 13.2 Å². The monoisotopic (exact) mass is 530 g/mol. The lowest BCUT2D eigenvalue weighted by molar-refractivity contribution is -0.198. The van der Waals surface area contributed by atoms with Crippen LogP contribution in [0.15, 0.2) is 67.3 Å². The van der Waals surface area contributed by atoms with Gasteiger partial charge in [-0.2, -0.15) is 22.0 Å². The van der Waals surface area contributed by atoms with Crippen molar-refractivity contribution in [1.29, 1.82) is 0 Å². The minimum atomic E-state index is -5.23. The lowest BCUT2D eigenvalue weighted by Gasteiger charge is -2.28. The minimum Gasteiger partial charge on any atom is -0.429 e. The molecule has 1 aliphatic heterocycles. The molecule has 3 nitrogen and oxygen atoms in total. The third kappa shape index (κ3) is 5.78. The summed E-state index contributed by atoms with van der Waals surface area (Å²) in [6.07, 6.45) is -8.63. The molecule has 0 unspecified atom stereocenters. The van der Waals surface area contributed by atoms with E-state index in [0.717, 1.165) is 36.4 Å². The summed E-state index contributed by atoms with van der Waals surface area (Å²) in [4.78, 5) is 0. The van der Waals surface area contributed by atoms with Crippen LogP contribution in [0, 0.1) is 23.4 Å². The number of alkyl halides is 5. The number of benzene rings is 3. The van der Waals surface area contributed by atoms with Crippen molar-refractivity contribution in [2.75, 3.05) is 13.2 Å². The zero-order valence-corrected chi connectivity index (χ0v) is 18.8. The molecule has 37 heavy (non-hydrogen) atoms. The standard InChI is InChI=1S/C26H18F8O3/c1-2-14-12-35-24(36-13-14)16-5-8-19(20(27)9-16)26(33,34)37-18-6-3-15(4-7-18)17-10-21(28)23(22(29)11-17)25(30,31)32/h2-11,14,24H,1,12-13H2. The Morgan fingerprint density at radius 2 is 1.38 bits per heavy atom. The van der Waals surface area contributed by atoms with E-state index in [1.165, 1.54) is 6.07 Å². The Morgan fingerprint density at radius 1 is 0.784 bits per heavy atom. The molecular weight excluding hydrogens is 512 g/mol. The lowest BCUT2D eigenvalue weighted by Crippen LogP contribution is -2.26. The van der Waals surface area contributed by atoms with E-state index in [9.17, 15) is 35.1 Å². The highest BCUT2D eigenvalue weighted by Gasteiger charge is 2.39. The maximum Gasteiger partial charge on any atom is 0.429 e. The number of hydrogen-bond donors (Lipinski definition) is 0. The van der Waals surface area contributed by atoms with Gasteiger partial charge in [0, 0.05) is 11.5 Å². The van der Waals surface area contributed by atoms with Crippen LogP contribution in [0.5, 0.6) is 5.75 Å². The first-order valence-electron chi connectivity index (χ1n) is 10.8. The maximum absolute atomic E-state index is 14.7. The summed E-state index contributed by atoms with van der Waals surface area (Å²) < 4.78 is 126. The fourth-order valence-corrected chi connectivity index (χ4v) is 3.69. The molecular formula is C26H18F8O3. The average molecular weight is 530 g/mol. The number of rotatable bonds is 6. The molecule has 0 bridgehead atoms. The Kier molecular flexibility index (Phi) is 7.29. The largest absolute Gasteiger partial charge is 0.429 e. The van der Waals surface area contributed by atoms with Gasteiger partial charge in [0.25, 0.3) is 0 Å². The van der Waals surface area contributed by atoms with Gasteiger partial charge >= 0.3 is 12.3 Å². The fraction of sp³-hybridized carbons (Fsp3) is 0.231. The van der Waals surface area contributed by atoms with E-state index in [0.29, 0.717) is 12.1 Å². The molecule has 0 aromatic heterocycles. The second-order valence-electron chi connectivity index (χ2n) is 8.19. The topological polar surface area (TPSA) is 27.7 Å². The summed E-state index contributed by atoms with van der Waals surface area (Å²) in [5.41, 5.74) is -3.13. The molecule has 1 saturated heterocycles. The van der Waals surface area contributed by atoms with Crippen molar-refractivity contribution in [3.8, 4) is 16.9 Å². The van der Waals surface area contributed by atoms with Crippen LogP contribution in [0.4, 0.5) is 35.1 Å². The van der Waals surface area contributed by atoms with Crippen molar-refractivity contribution in [1.82, 2.24) is 0 Å². The van der Waals surface area contributed by atoms with E-state index in [4.69, 9.17) is 9.47 Å². The molecule has 196 valence electrons. The first kappa shape index (κ1) is 26.6. The summed E-state index contributed by atoms with van der Waals surface area (Å²) in [6, 6.07) is 8.08. The van der Waals surface area contributed by atoms with E-state index < -0.39 is 52.9 Å². The van der Waals surface area contributed by atoms with Crippen LogP contribution in [0.1, 0.15) is 23.0 Å². The third-order valence-corrected chi connectivity index (χ3v) is 5.59. The van der Waals surface area contributed by atoms with Crippen LogP contribution < -0.4 is 4.74 Å². The average Bonchev–Trinajstić information content (AvgIpc) is 2.82. The van der Waals surface area contributed by atoms with Crippen molar-refractivity contribution in [2.24, 2.45) is 5.92 Å². The predicted octanol–water partition coefficient (Wildman–Crippen LogP) is 7.77. The van der Waals surface area contributed by atoms with E-state index in [1.807, 2.05) is 0 Å². The fourth-order valence-electron chi connectivity index (χ4n) is 3.69. The highest BCUT2D eigenvalue weighted by Crippen LogP contribution is 2.38. The Labute approximate surface area is 205 Å². The predicted molar refractivity (Wildman–Crippen MR) is 116 cm³/mol. The molecule has 0 aliphatic carbocycles. The van der Waals surface area contributed by atoms with Crippen LogP contribution in [-0.2, 0) is 21.8 Å². The summed E-state index contributed by atoms with van der Waals surface area (Å²) in [6.45, 7) is 4.18. The SMILES string of the molecule is C=CC1COC(c2ccc(C(F)(F)Oc3ccc(-c4cc(F)c(C(F)(F)F)c(F)c4)cc3)c(F)c2)OC1. The van der Waals surface area contributed by atoms with Gasteiger partial charge < -0.3 is 14.2 Å². The van der Waals surface area contributed by atoms with Gasteiger partial charge in [-0.1, -0.05) is 24.3 Å². The van der Waals surface area contributed by atoms with Gasteiger partial charge in [-0.3, -0.25) is 0 Å². The lowest BCUT2D eigenvalue weighted by atomic mass is 10.0. The Morgan fingerprint density at radius 3 is 1.89 bits per heavy atom. The van der Waals surface area contributed by atoms with E-state index in [-0.39, 0.29) is 35.8 Å². The van der Waals surface area contributed by atoms with Gasteiger partial charge in [0.2, 0.25) is 0 Å². The maximum atomic E-state index is 14.7. The van der Waals surface area contributed by atoms with Crippen LogP contribution in [-0.4, -0.2) is 13.2 Å². The first-order chi connectivity index (χ1) is 17.4. The van der Waals surface area contributed by atoms with Crippen molar-refractivity contribution in [3.05, 3.63) is 101 Å². The summed E-state index contributed by atoms with van der Waals surface area (Å²) in [5.74, 6) is -5.38. The molecule has 0 saturated carbocycles. The Balaban J connectivity index is 1.49. The molecule has 0 radical (unpaired) electrons. The second-order valence-corrected chi connectivity index (χ2v) is 8.19. The van der Waals surface area contributed by atoms with Gasteiger partial charge in [0.1, 0.15) is 28.8 Å². The number of halogens is 8. The van der Waals surface area contributed by atoms with Crippen LogP contribution in [0.25, 0.3) is 11.1 Å². The van der Waals surface area contributed by atoms with Gasteiger partial charge in [-0.05, 0) is 47.5 Å². The van der Waals surface area contributed by atoms with Crippen molar-refractivity contribution in [2.45, 2.75) is 18.6 Å². The Bertz CT molecular complexity index is 1260. The van der Waals surface area contributed by atoms with Crippen molar-refractivity contribution < 1.29 is 49.3 Å². The molecule has 3 aromatic carbocycles. The summed E-state index contributed by atoms with van der Waals surface area (Å²) >= 11 is 0. The van der Waals surface area contributed by atoms with Gasteiger partial charge in [0.15, 0.2) is 6.29 Å². The first-order valence-corrected chi connectivity index (χ1v) is 10.8. The second kappa shape index (κ2) is 10.1. The van der Waals surface area contributed by atoms with Gasteiger partial charge in [-0.15, -0.1) is 6.58 Å². The number of hydrogen-bond acceptors (Lipinski definition) is 3. The smallest absolute Gasteiger partial charge is 0.429 e. The molecule has 0 amide bonds. The number of ether oxygens (including phenoxy) is 3. The molecule has 4 rings (SSSR count). The molecule has 11 heteroatoms. The molecule has 3 aromatic rings. The van der Waals surface area contributed by atoms with Gasteiger partial charge in [0.05, 0.1) is 18.8 Å². The van der Waals surface area contributed by atoms with Crippen LogP contribution >= 0.6 is 0 Å². The molecule has 1 aliphatic rings. The quantitative estimate of drug-likeness (QED) is 0.241. The molecule has 1 heterocycles. The third-order valence-electron chi connectivity index (χ3n) is 5.59. The highest BCUT2D eigenvalue weighted by atomic mass is 19.4. The van der Waals surface area contributed by atoms with Crippen molar-refractivity contribution in [3.63, 3.8) is 0 Å². The summed E-state index contributed by atoms with van der Waals surface area (Å²) in [5, 5.41) is 0. The highest BCUT2D eigenvalue weighted by molar-refractivity contribution is 5.65. The molecule has 1 fully saturated rings. The minimum absolute atomic E-state index is 0.0314. The zero-order chi connectivity index (χ0) is 27.0. The van der Waals surface area contributed by atoms with Crippen LogP contribution in [0.2, 0.25) is 0 Å². The Hall–Kier alpha value is -3.44. The van der Waals surface area contributed by atoms with E-state index in [1.54, 1.807) is 6.08 Å². The van der Waals surface area contributed by atoms with Crippen molar-refractivity contribution >= 4 is 0 Å². The molecule has 0 N–H and O–H groups in total. The molecule has 0 spiro atoms. The summed E-state index contributed by atoms with van der Waals surface area (Å²) in [7, 11) is 0. The zero-order valence-electron chi connectivity index (χ0n) is 18.8. The van der Waals surface area contributed by atoms with Crippen LogP contribution in [0.3, 0.4) is 0 Å². The normalized spacial score (nSPS) is 18.5. The van der Waals surface area contributed by atoms with E-state index >= 15 is 0 Å². The molecule has 0 atom stereocenters. The van der Waals surface area contributed by atoms with E-state index in [2.05, 4.69) is 11.3 Å².